The van der Waals surface area contributed by atoms with Crippen LogP contribution in [0.2, 0.25) is 0 Å². The number of nitrogens with zero attached hydrogens (tertiary/aromatic N) is 2. The first-order valence-corrected chi connectivity index (χ1v) is 8.99. The van der Waals surface area contributed by atoms with Crippen LogP contribution in [0.25, 0.3) is 0 Å². The lowest BCUT2D eigenvalue weighted by Gasteiger charge is -2.16. The molecular weight excluding hydrogens is 439 g/mol. The summed E-state index contributed by atoms with van der Waals surface area (Å²) in [5.41, 5.74) is 0.717. The Morgan fingerprint density at radius 2 is 2.17 bits per heavy atom. The summed E-state index contributed by atoms with van der Waals surface area (Å²) in [7, 11) is 0. The van der Waals surface area contributed by atoms with E-state index in [2.05, 4.69) is 27.5 Å². The molecule has 0 amide bonds. The molecule has 1 aromatic rings. The van der Waals surface area contributed by atoms with E-state index in [9.17, 15) is 4.79 Å². The van der Waals surface area contributed by atoms with Gasteiger partial charge in [-0.1, -0.05) is 6.92 Å². The molecule has 0 aliphatic heterocycles. The molecule has 1 saturated carbocycles. The van der Waals surface area contributed by atoms with E-state index in [4.69, 9.17) is 4.74 Å². The lowest BCUT2D eigenvalue weighted by Crippen LogP contribution is -2.40. The van der Waals surface area contributed by atoms with Crippen LogP contribution in [0.1, 0.15) is 60.5 Å². The van der Waals surface area contributed by atoms with Gasteiger partial charge in [0.1, 0.15) is 9.88 Å². The van der Waals surface area contributed by atoms with Gasteiger partial charge in [0.2, 0.25) is 0 Å². The fourth-order valence-electron chi connectivity index (χ4n) is 2.25. The fraction of sp³-hybridized carbons (Fsp3) is 0.688. The molecule has 0 saturated heterocycles. The van der Waals surface area contributed by atoms with Gasteiger partial charge in [-0.25, -0.2) is 9.78 Å². The SMILES string of the molecule is CCN=C(NC(C)c1nc(C)c(C(=O)OCC)s1)NC1CC1C.I. The van der Waals surface area contributed by atoms with Crippen LogP contribution in [0.15, 0.2) is 4.99 Å². The maximum absolute atomic E-state index is 11.9. The van der Waals surface area contributed by atoms with Crippen LogP contribution < -0.4 is 10.6 Å². The summed E-state index contributed by atoms with van der Waals surface area (Å²) >= 11 is 1.38. The summed E-state index contributed by atoms with van der Waals surface area (Å²) in [5, 5.41) is 7.66. The number of aromatic nitrogens is 1. The summed E-state index contributed by atoms with van der Waals surface area (Å²) in [5.74, 6) is 1.21. The Labute approximate surface area is 164 Å². The zero-order valence-electron chi connectivity index (χ0n) is 14.9. The van der Waals surface area contributed by atoms with Crippen LogP contribution in [-0.2, 0) is 4.74 Å². The van der Waals surface area contributed by atoms with E-state index < -0.39 is 0 Å². The Morgan fingerprint density at radius 3 is 2.71 bits per heavy atom. The third-order valence-corrected chi connectivity index (χ3v) is 5.07. The van der Waals surface area contributed by atoms with E-state index in [-0.39, 0.29) is 36.0 Å². The molecular formula is C16H27IN4O2S. The summed E-state index contributed by atoms with van der Waals surface area (Å²) in [6.07, 6.45) is 1.18. The Balaban J connectivity index is 0.00000288. The molecule has 1 aliphatic carbocycles. The van der Waals surface area contributed by atoms with E-state index in [1.807, 2.05) is 20.8 Å². The van der Waals surface area contributed by atoms with Crippen molar-refractivity contribution < 1.29 is 9.53 Å². The van der Waals surface area contributed by atoms with E-state index in [0.29, 0.717) is 30.0 Å². The third kappa shape index (κ3) is 5.58. The summed E-state index contributed by atoms with van der Waals surface area (Å²) in [4.78, 5) is 21.5. The molecule has 24 heavy (non-hydrogen) atoms. The Hall–Kier alpha value is -0.900. The predicted octanol–water partition coefficient (Wildman–Crippen LogP) is 3.27. The average Bonchev–Trinajstić information content (AvgIpc) is 3.03. The highest BCUT2D eigenvalue weighted by Crippen LogP contribution is 2.29. The molecule has 0 bridgehead atoms. The van der Waals surface area contributed by atoms with Gasteiger partial charge in [-0.15, -0.1) is 35.3 Å². The van der Waals surface area contributed by atoms with Crippen molar-refractivity contribution in [3.63, 3.8) is 0 Å². The van der Waals surface area contributed by atoms with Crippen LogP contribution >= 0.6 is 35.3 Å². The minimum atomic E-state index is -0.298. The molecule has 0 spiro atoms. The number of halogens is 1. The Kier molecular flexibility index (Phi) is 8.41. The number of esters is 1. The van der Waals surface area contributed by atoms with Crippen LogP contribution in [0.3, 0.4) is 0 Å². The number of guanidine groups is 1. The molecule has 1 heterocycles. The first-order valence-electron chi connectivity index (χ1n) is 8.18. The highest BCUT2D eigenvalue weighted by molar-refractivity contribution is 14.0. The number of aryl methyl sites for hydroxylation is 1. The van der Waals surface area contributed by atoms with Gasteiger partial charge in [0.25, 0.3) is 0 Å². The lowest BCUT2D eigenvalue weighted by atomic mass is 10.3. The molecule has 8 heteroatoms. The number of hydrogen-bond donors (Lipinski definition) is 2. The highest BCUT2D eigenvalue weighted by Gasteiger charge is 2.33. The number of thiazole rings is 1. The van der Waals surface area contributed by atoms with E-state index in [1.54, 1.807) is 6.92 Å². The van der Waals surface area contributed by atoms with Crippen LogP contribution in [0.5, 0.6) is 0 Å². The second-order valence-corrected chi connectivity index (χ2v) is 6.87. The molecule has 1 aliphatic rings. The van der Waals surface area contributed by atoms with Crippen LogP contribution in [0.4, 0.5) is 0 Å². The number of nitrogens with one attached hydrogen (secondary N) is 2. The van der Waals surface area contributed by atoms with Gasteiger partial charge in [0.15, 0.2) is 5.96 Å². The van der Waals surface area contributed by atoms with E-state index >= 15 is 0 Å². The zero-order chi connectivity index (χ0) is 17.0. The zero-order valence-corrected chi connectivity index (χ0v) is 18.0. The molecule has 1 fully saturated rings. The quantitative estimate of drug-likeness (QED) is 0.291. The maximum Gasteiger partial charge on any atom is 0.350 e. The number of rotatable bonds is 6. The monoisotopic (exact) mass is 466 g/mol. The van der Waals surface area contributed by atoms with Gasteiger partial charge in [-0.2, -0.15) is 0 Å². The van der Waals surface area contributed by atoms with Crippen molar-refractivity contribution >= 4 is 47.2 Å². The van der Waals surface area contributed by atoms with Gasteiger partial charge in [-0.3, -0.25) is 4.99 Å². The molecule has 0 radical (unpaired) electrons. The van der Waals surface area contributed by atoms with Gasteiger partial charge >= 0.3 is 5.97 Å². The molecule has 1 aromatic heterocycles. The predicted molar refractivity (Wildman–Crippen MR) is 108 cm³/mol. The molecule has 3 atom stereocenters. The summed E-state index contributed by atoms with van der Waals surface area (Å²) in [6, 6.07) is 0.488. The number of carbonyl (C=O) groups excluding carboxylic acids is 1. The number of hydrogen-bond acceptors (Lipinski definition) is 5. The first-order chi connectivity index (χ1) is 11.0. The van der Waals surface area contributed by atoms with Crippen molar-refractivity contribution in [1.29, 1.82) is 0 Å². The van der Waals surface area contributed by atoms with Crippen LogP contribution in [-0.4, -0.2) is 36.1 Å². The van der Waals surface area contributed by atoms with Crippen molar-refractivity contribution in [2.24, 2.45) is 10.9 Å². The van der Waals surface area contributed by atoms with E-state index in [0.717, 1.165) is 16.7 Å². The van der Waals surface area contributed by atoms with Crippen molar-refractivity contribution in [3.8, 4) is 0 Å². The van der Waals surface area contributed by atoms with Crippen molar-refractivity contribution in [3.05, 3.63) is 15.6 Å². The molecule has 6 nitrogen and oxygen atoms in total. The molecule has 3 unspecified atom stereocenters. The third-order valence-electron chi connectivity index (χ3n) is 3.75. The smallest absolute Gasteiger partial charge is 0.350 e. The minimum absolute atomic E-state index is 0. The molecule has 2 rings (SSSR count). The Morgan fingerprint density at radius 1 is 1.50 bits per heavy atom. The van der Waals surface area contributed by atoms with Gasteiger partial charge < -0.3 is 15.4 Å². The van der Waals surface area contributed by atoms with Crippen molar-refractivity contribution in [2.45, 2.75) is 53.1 Å². The molecule has 136 valence electrons. The number of aliphatic imine (C=N–C) groups is 1. The topological polar surface area (TPSA) is 75.6 Å². The van der Waals surface area contributed by atoms with Crippen LogP contribution in [0, 0.1) is 12.8 Å². The standard InChI is InChI=1S/C16H26N4O2S.HI/c1-6-17-16(20-12-8-9(12)3)19-11(5)14-18-10(4)13(23-14)15(21)22-7-2;/h9,11-12H,6-8H2,1-5H3,(H2,17,19,20);1H. The van der Waals surface area contributed by atoms with Gasteiger partial charge in [0, 0.05) is 12.6 Å². The lowest BCUT2D eigenvalue weighted by molar-refractivity contribution is 0.0531. The van der Waals surface area contributed by atoms with E-state index in [1.165, 1.54) is 17.8 Å². The van der Waals surface area contributed by atoms with Crippen molar-refractivity contribution in [1.82, 2.24) is 15.6 Å². The van der Waals surface area contributed by atoms with Gasteiger partial charge in [-0.05, 0) is 40.0 Å². The number of ether oxygens (including phenoxy) is 1. The van der Waals surface area contributed by atoms with Gasteiger partial charge in [0.05, 0.1) is 18.3 Å². The normalized spacial score (nSPS) is 20.8. The first kappa shape index (κ1) is 21.1. The van der Waals surface area contributed by atoms with Crippen molar-refractivity contribution in [2.75, 3.05) is 13.2 Å². The maximum atomic E-state index is 11.9. The fourth-order valence-corrected chi connectivity index (χ4v) is 3.21. The second kappa shape index (κ2) is 9.55. The number of carbonyl (C=O) groups is 1. The Bertz CT molecular complexity index is 591. The molecule has 0 aromatic carbocycles. The average molecular weight is 466 g/mol. The largest absolute Gasteiger partial charge is 0.462 e. The highest BCUT2D eigenvalue weighted by atomic mass is 127. The minimum Gasteiger partial charge on any atom is -0.462 e. The second-order valence-electron chi connectivity index (χ2n) is 5.84. The summed E-state index contributed by atoms with van der Waals surface area (Å²) in [6.45, 7) is 11.0. The molecule has 2 N–H and O–H groups in total. The summed E-state index contributed by atoms with van der Waals surface area (Å²) < 4.78 is 5.07.